The van der Waals surface area contributed by atoms with Gasteiger partial charge in [0.1, 0.15) is 5.82 Å². The maximum Gasteiger partial charge on any atom is 0.123 e. The highest BCUT2D eigenvalue weighted by Gasteiger charge is 2.14. The number of H-pyrrole nitrogens is 1. The van der Waals surface area contributed by atoms with Gasteiger partial charge in [-0.05, 0) is 29.3 Å². The van der Waals surface area contributed by atoms with Crippen LogP contribution in [0.15, 0.2) is 78.9 Å². The first kappa shape index (κ1) is 12.8. The molecule has 2 heteroatoms. The van der Waals surface area contributed by atoms with E-state index in [0.29, 0.717) is 0 Å². The Bertz CT molecular complexity index is 938. The number of hydrogen-bond acceptors (Lipinski definition) is 0. The van der Waals surface area contributed by atoms with Gasteiger partial charge < -0.3 is 4.98 Å². The van der Waals surface area contributed by atoms with Gasteiger partial charge in [-0.15, -0.1) is 0 Å². The zero-order chi connectivity index (χ0) is 14.9. The quantitative estimate of drug-likeness (QED) is 0.491. The normalized spacial score (nSPS) is 11.0. The van der Waals surface area contributed by atoms with E-state index in [1.807, 2.05) is 42.5 Å². The van der Waals surface area contributed by atoms with Gasteiger partial charge in [-0.2, -0.15) is 0 Å². The summed E-state index contributed by atoms with van der Waals surface area (Å²) in [6.07, 6.45) is 0. The molecule has 0 aliphatic rings. The maximum absolute atomic E-state index is 13.7. The van der Waals surface area contributed by atoms with Crippen molar-refractivity contribution >= 4 is 10.9 Å². The van der Waals surface area contributed by atoms with E-state index < -0.39 is 0 Å². The van der Waals surface area contributed by atoms with Crippen molar-refractivity contribution in [3.8, 4) is 22.4 Å². The molecule has 4 aromatic rings. The molecule has 0 amide bonds. The first-order valence-corrected chi connectivity index (χ1v) is 7.25. The Balaban J connectivity index is 2.07. The Morgan fingerprint density at radius 2 is 1.41 bits per heavy atom. The first-order chi connectivity index (χ1) is 10.8. The van der Waals surface area contributed by atoms with Crippen LogP contribution in [-0.2, 0) is 0 Å². The van der Waals surface area contributed by atoms with E-state index in [2.05, 4.69) is 23.2 Å². The van der Waals surface area contributed by atoms with Gasteiger partial charge in [0.15, 0.2) is 0 Å². The third-order valence-corrected chi connectivity index (χ3v) is 3.88. The van der Waals surface area contributed by atoms with Crippen LogP contribution in [-0.4, -0.2) is 4.98 Å². The molecular formula is C20H14FN. The summed E-state index contributed by atoms with van der Waals surface area (Å²) in [4.78, 5) is 3.48. The SMILES string of the molecule is Fc1cccc(-c2c(-c3ccccc3)[nH]c3ccccc23)c1. The molecule has 0 unspecified atom stereocenters. The molecule has 0 saturated heterocycles. The zero-order valence-electron chi connectivity index (χ0n) is 11.9. The fourth-order valence-corrected chi connectivity index (χ4v) is 2.91. The molecule has 1 heterocycles. The molecule has 106 valence electrons. The lowest BCUT2D eigenvalue weighted by molar-refractivity contribution is 0.628. The lowest BCUT2D eigenvalue weighted by atomic mass is 9.98. The predicted molar refractivity (Wildman–Crippen MR) is 89.1 cm³/mol. The van der Waals surface area contributed by atoms with Crippen molar-refractivity contribution in [3.63, 3.8) is 0 Å². The predicted octanol–water partition coefficient (Wildman–Crippen LogP) is 5.64. The number of para-hydroxylation sites is 1. The lowest BCUT2D eigenvalue weighted by Gasteiger charge is -2.06. The number of halogens is 1. The summed E-state index contributed by atoms with van der Waals surface area (Å²) in [6, 6.07) is 25.0. The average molecular weight is 287 g/mol. The number of nitrogens with one attached hydrogen (secondary N) is 1. The maximum atomic E-state index is 13.7. The molecule has 1 nitrogen and oxygen atoms in total. The Kier molecular flexibility index (Phi) is 3.01. The van der Waals surface area contributed by atoms with Crippen LogP contribution < -0.4 is 0 Å². The summed E-state index contributed by atoms with van der Waals surface area (Å²) >= 11 is 0. The van der Waals surface area contributed by atoms with Crippen molar-refractivity contribution in [2.45, 2.75) is 0 Å². The molecule has 1 N–H and O–H groups in total. The van der Waals surface area contributed by atoms with E-state index >= 15 is 0 Å². The monoisotopic (exact) mass is 287 g/mol. The molecule has 0 spiro atoms. The van der Waals surface area contributed by atoms with Gasteiger partial charge in [-0.25, -0.2) is 4.39 Å². The summed E-state index contributed by atoms with van der Waals surface area (Å²) in [7, 11) is 0. The van der Waals surface area contributed by atoms with E-state index in [-0.39, 0.29) is 5.82 Å². The summed E-state index contributed by atoms with van der Waals surface area (Å²) in [5.74, 6) is -0.221. The van der Waals surface area contributed by atoms with Crippen molar-refractivity contribution in [2.24, 2.45) is 0 Å². The lowest BCUT2D eigenvalue weighted by Crippen LogP contribution is -1.83. The number of fused-ring (bicyclic) bond motifs is 1. The second-order valence-corrected chi connectivity index (χ2v) is 5.30. The van der Waals surface area contributed by atoms with Crippen LogP contribution in [0, 0.1) is 5.82 Å². The fraction of sp³-hybridized carbons (Fsp3) is 0. The van der Waals surface area contributed by atoms with Crippen molar-refractivity contribution in [1.82, 2.24) is 4.98 Å². The minimum Gasteiger partial charge on any atom is -0.354 e. The average Bonchev–Trinajstić information content (AvgIpc) is 2.95. The van der Waals surface area contributed by atoms with E-state index in [0.717, 1.165) is 33.3 Å². The third kappa shape index (κ3) is 2.09. The Hall–Kier alpha value is -2.87. The third-order valence-electron chi connectivity index (χ3n) is 3.88. The molecular weight excluding hydrogens is 273 g/mol. The molecule has 4 rings (SSSR count). The van der Waals surface area contributed by atoms with Gasteiger partial charge in [-0.1, -0.05) is 60.7 Å². The van der Waals surface area contributed by atoms with Crippen molar-refractivity contribution in [1.29, 1.82) is 0 Å². The molecule has 0 bridgehead atoms. The smallest absolute Gasteiger partial charge is 0.123 e. The van der Waals surface area contributed by atoms with Crippen LogP contribution in [0.4, 0.5) is 4.39 Å². The second kappa shape index (κ2) is 5.15. The minimum atomic E-state index is -0.221. The largest absolute Gasteiger partial charge is 0.354 e. The van der Waals surface area contributed by atoms with Crippen molar-refractivity contribution < 1.29 is 4.39 Å². The number of benzene rings is 3. The van der Waals surface area contributed by atoms with Gasteiger partial charge in [0.05, 0.1) is 5.69 Å². The van der Waals surface area contributed by atoms with Gasteiger partial charge >= 0.3 is 0 Å². The highest BCUT2D eigenvalue weighted by molar-refractivity contribution is 6.03. The summed E-state index contributed by atoms with van der Waals surface area (Å²) in [5, 5.41) is 1.10. The van der Waals surface area contributed by atoms with E-state index in [1.165, 1.54) is 6.07 Å². The van der Waals surface area contributed by atoms with Gasteiger partial charge in [0.2, 0.25) is 0 Å². The van der Waals surface area contributed by atoms with Crippen LogP contribution in [0.1, 0.15) is 0 Å². The molecule has 0 fully saturated rings. The number of aromatic nitrogens is 1. The molecule has 0 aliphatic carbocycles. The van der Waals surface area contributed by atoms with Gasteiger partial charge in [0.25, 0.3) is 0 Å². The summed E-state index contributed by atoms with van der Waals surface area (Å²) in [6.45, 7) is 0. The number of aromatic amines is 1. The highest BCUT2D eigenvalue weighted by Crippen LogP contribution is 2.38. The standard InChI is InChI=1S/C20H14FN/c21-16-10-6-9-15(13-16)19-17-11-4-5-12-18(17)22-20(19)14-7-2-1-3-8-14/h1-13,22H. The molecule has 0 atom stereocenters. The molecule has 0 radical (unpaired) electrons. The molecule has 0 saturated carbocycles. The first-order valence-electron chi connectivity index (χ1n) is 7.25. The summed E-state index contributed by atoms with van der Waals surface area (Å²) in [5.41, 5.74) is 5.10. The topological polar surface area (TPSA) is 15.8 Å². The van der Waals surface area contributed by atoms with Gasteiger partial charge in [-0.3, -0.25) is 0 Å². The van der Waals surface area contributed by atoms with Crippen molar-refractivity contribution in [3.05, 3.63) is 84.7 Å². The van der Waals surface area contributed by atoms with E-state index in [9.17, 15) is 4.39 Å². The van der Waals surface area contributed by atoms with E-state index in [4.69, 9.17) is 0 Å². The van der Waals surface area contributed by atoms with Crippen LogP contribution in [0.25, 0.3) is 33.3 Å². The Morgan fingerprint density at radius 1 is 0.682 bits per heavy atom. The van der Waals surface area contributed by atoms with E-state index in [1.54, 1.807) is 12.1 Å². The second-order valence-electron chi connectivity index (χ2n) is 5.30. The Labute approximate surface area is 128 Å². The van der Waals surface area contributed by atoms with Crippen LogP contribution in [0.2, 0.25) is 0 Å². The Morgan fingerprint density at radius 3 is 2.23 bits per heavy atom. The van der Waals surface area contributed by atoms with Gasteiger partial charge in [0, 0.05) is 16.5 Å². The number of hydrogen-bond donors (Lipinski definition) is 1. The zero-order valence-corrected chi connectivity index (χ0v) is 11.9. The van der Waals surface area contributed by atoms with Crippen LogP contribution in [0.3, 0.4) is 0 Å². The summed E-state index contributed by atoms with van der Waals surface area (Å²) < 4.78 is 13.7. The van der Waals surface area contributed by atoms with Crippen molar-refractivity contribution in [2.75, 3.05) is 0 Å². The van der Waals surface area contributed by atoms with Crippen LogP contribution in [0.5, 0.6) is 0 Å². The fourth-order valence-electron chi connectivity index (χ4n) is 2.91. The minimum absolute atomic E-state index is 0.221. The molecule has 1 aromatic heterocycles. The molecule has 22 heavy (non-hydrogen) atoms. The highest BCUT2D eigenvalue weighted by atomic mass is 19.1. The van der Waals surface area contributed by atoms with Crippen LogP contribution >= 0.6 is 0 Å². The molecule has 3 aromatic carbocycles. The number of rotatable bonds is 2. The molecule has 0 aliphatic heterocycles.